The van der Waals surface area contributed by atoms with Gasteiger partial charge in [-0.2, -0.15) is 4.73 Å². The number of nitrogens with one attached hydrogen (secondary N) is 1. The first-order valence-corrected chi connectivity index (χ1v) is 8.25. The number of benzene rings is 1. The van der Waals surface area contributed by atoms with Gasteiger partial charge in [-0.1, -0.05) is 18.2 Å². The molecule has 0 spiro atoms. The smallest absolute Gasteiger partial charge is 0.405 e. The van der Waals surface area contributed by atoms with Crippen LogP contribution in [0.5, 0.6) is 0 Å². The first kappa shape index (κ1) is 19.9. The molecule has 27 heavy (non-hydrogen) atoms. The third-order valence-electron chi connectivity index (χ3n) is 3.91. The highest BCUT2D eigenvalue weighted by atomic mass is 16.5. The van der Waals surface area contributed by atoms with Gasteiger partial charge in [0, 0.05) is 24.9 Å². The molecule has 0 saturated heterocycles. The van der Waals surface area contributed by atoms with Crippen LogP contribution in [0, 0.1) is 19.1 Å². The fourth-order valence-electron chi connectivity index (χ4n) is 2.39. The fourth-order valence-corrected chi connectivity index (χ4v) is 2.39. The van der Waals surface area contributed by atoms with Crippen LogP contribution in [-0.2, 0) is 14.3 Å². The second kappa shape index (κ2) is 8.79. The van der Waals surface area contributed by atoms with E-state index in [-0.39, 0.29) is 18.1 Å². The maximum atomic E-state index is 12.2. The Labute approximate surface area is 156 Å². The van der Waals surface area contributed by atoms with E-state index in [0.717, 1.165) is 22.2 Å². The van der Waals surface area contributed by atoms with Crippen LogP contribution in [-0.4, -0.2) is 42.9 Å². The van der Waals surface area contributed by atoms with Crippen LogP contribution in [0.15, 0.2) is 42.6 Å². The van der Waals surface area contributed by atoms with Crippen molar-refractivity contribution >= 4 is 23.5 Å². The molecule has 0 aliphatic carbocycles. The fraction of sp³-hybridized carbons (Fsp3) is 0.263. The molecule has 2 aromatic rings. The normalized spacial score (nSPS) is 10.2. The van der Waals surface area contributed by atoms with Gasteiger partial charge in [-0.15, -0.1) is 0 Å². The van der Waals surface area contributed by atoms with Crippen molar-refractivity contribution in [3.8, 4) is 0 Å². The summed E-state index contributed by atoms with van der Waals surface area (Å²) in [6.07, 6.45) is 1.16. The predicted octanol–water partition coefficient (Wildman–Crippen LogP) is 1.19. The van der Waals surface area contributed by atoms with Crippen LogP contribution >= 0.6 is 0 Å². The van der Waals surface area contributed by atoms with E-state index < -0.39 is 18.5 Å². The number of aryl methyl sites for hydroxylation is 2. The van der Waals surface area contributed by atoms with Crippen molar-refractivity contribution < 1.29 is 23.9 Å². The molecule has 0 saturated carbocycles. The standard InChI is InChI=1S/C19H21N3O5/c1-13-7-6-8-14(2)18(13)20-16(23)11-21(3)17(24)12-27-19(25)15-9-4-5-10-22(15)26/h4-10H,11-12H2,1-3H3,(H,20,23). The Morgan fingerprint density at radius 1 is 1.11 bits per heavy atom. The topological polar surface area (TPSA) is 103 Å². The van der Waals surface area contributed by atoms with Crippen LogP contribution < -0.4 is 10.0 Å². The summed E-state index contributed by atoms with van der Waals surface area (Å²) < 4.78 is 5.20. The molecule has 1 N–H and O–H groups in total. The van der Waals surface area contributed by atoms with Gasteiger partial charge in [0.2, 0.25) is 5.91 Å². The number of aromatic nitrogens is 1. The lowest BCUT2D eigenvalue weighted by Gasteiger charge is -2.18. The first-order valence-electron chi connectivity index (χ1n) is 8.25. The van der Waals surface area contributed by atoms with Crippen LogP contribution in [0.3, 0.4) is 0 Å². The number of esters is 1. The second-order valence-electron chi connectivity index (χ2n) is 6.05. The summed E-state index contributed by atoms with van der Waals surface area (Å²) in [6.45, 7) is 2.99. The zero-order valence-corrected chi connectivity index (χ0v) is 15.4. The zero-order valence-electron chi connectivity index (χ0n) is 15.4. The number of anilines is 1. The molecule has 2 amide bonds. The number of para-hydroxylation sites is 1. The summed E-state index contributed by atoms with van der Waals surface area (Å²) in [4.78, 5) is 37.2. The van der Waals surface area contributed by atoms with Crippen LogP contribution in [0.4, 0.5) is 5.69 Å². The molecule has 1 aromatic heterocycles. The minimum absolute atomic E-state index is 0.197. The molecule has 0 atom stereocenters. The van der Waals surface area contributed by atoms with Crippen molar-refractivity contribution in [2.75, 3.05) is 25.5 Å². The van der Waals surface area contributed by atoms with E-state index in [9.17, 15) is 19.6 Å². The number of carbonyl (C=O) groups excluding carboxylic acids is 3. The van der Waals surface area contributed by atoms with E-state index in [1.807, 2.05) is 32.0 Å². The number of nitrogens with zero attached hydrogens (tertiary/aromatic N) is 2. The number of pyridine rings is 1. The number of rotatable bonds is 6. The lowest BCUT2D eigenvalue weighted by molar-refractivity contribution is -0.608. The molecule has 0 aliphatic rings. The molecule has 0 bridgehead atoms. The molecule has 2 rings (SSSR count). The predicted molar refractivity (Wildman–Crippen MR) is 97.9 cm³/mol. The minimum Gasteiger partial charge on any atom is -0.618 e. The van der Waals surface area contributed by atoms with E-state index in [1.54, 1.807) is 0 Å². The number of hydrogen-bond donors (Lipinski definition) is 1. The Balaban J connectivity index is 1.87. The molecule has 1 aromatic carbocycles. The maximum Gasteiger partial charge on any atom is 0.405 e. The summed E-state index contributed by atoms with van der Waals surface area (Å²) in [5, 5.41) is 14.3. The van der Waals surface area contributed by atoms with Crippen molar-refractivity contribution in [2.45, 2.75) is 13.8 Å². The molecular weight excluding hydrogens is 350 g/mol. The maximum absolute atomic E-state index is 12.2. The van der Waals surface area contributed by atoms with Gasteiger partial charge in [0.1, 0.15) is 0 Å². The van der Waals surface area contributed by atoms with Crippen molar-refractivity contribution in [3.63, 3.8) is 0 Å². The number of hydrogen-bond acceptors (Lipinski definition) is 5. The summed E-state index contributed by atoms with van der Waals surface area (Å²) in [5.41, 5.74) is 2.32. The van der Waals surface area contributed by atoms with Gasteiger partial charge < -0.3 is 20.2 Å². The third kappa shape index (κ3) is 5.27. The molecule has 8 heteroatoms. The molecule has 0 unspecified atom stereocenters. The molecular formula is C19H21N3O5. The summed E-state index contributed by atoms with van der Waals surface area (Å²) >= 11 is 0. The first-order chi connectivity index (χ1) is 12.8. The lowest BCUT2D eigenvalue weighted by Crippen LogP contribution is -2.39. The molecule has 142 valence electrons. The number of amides is 2. The molecule has 8 nitrogen and oxygen atoms in total. The van der Waals surface area contributed by atoms with Gasteiger partial charge in [0.05, 0.1) is 6.54 Å². The van der Waals surface area contributed by atoms with Gasteiger partial charge in [-0.3, -0.25) is 9.59 Å². The van der Waals surface area contributed by atoms with Gasteiger partial charge in [0.15, 0.2) is 12.8 Å². The van der Waals surface area contributed by atoms with E-state index >= 15 is 0 Å². The Hall–Kier alpha value is -3.42. The van der Waals surface area contributed by atoms with E-state index in [0.29, 0.717) is 10.4 Å². The number of ether oxygens (including phenoxy) is 1. The largest absolute Gasteiger partial charge is 0.618 e. The van der Waals surface area contributed by atoms with Crippen molar-refractivity contribution in [3.05, 3.63) is 64.6 Å². The van der Waals surface area contributed by atoms with Crippen LogP contribution in [0.25, 0.3) is 0 Å². The van der Waals surface area contributed by atoms with Crippen molar-refractivity contribution in [1.29, 1.82) is 0 Å². The summed E-state index contributed by atoms with van der Waals surface area (Å²) in [7, 11) is 1.43. The Morgan fingerprint density at radius 2 is 1.78 bits per heavy atom. The van der Waals surface area contributed by atoms with Gasteiger partial charge in [-0.25, -0.2) is 4.79 Å². The SMILES string of the molecule is Cc1cccc(C)c1NC(=O)CN(C)C(=O)COC(=O)c1cccc[n+]1[O-]. The highest BCUT2D eigenvalue weighted by Gasteiger charge is 2.20. The molecule has 0 radical (unpaired) electrons. The highest BCUT2D eigenvalue weighted by molar-refractivity contribution is 5.96. The monoisotopic (exact) mass is 371 g/mol. The van der Waals surface area contributed by atoms with Crippen molar-refractivity contribution in [2.24, 2.45) is 0 Å². The molecule has 0 aliphatic heterocycles. The Bertz CT molecular complexity index is 846. The third-order valence-corrected chi connectivity index (χ3v) is 3.91. The Morgan fingerprint density at radius 3 is 2.41 bits per heavy atom. The van der Waals surface area contributed by atoms with Crippen molar-refractivity contribution in [1.82, 2.24) is 4.90 Å². The summed E-state index contributed by atoms with van der Waals surface area (Å²) in [6, 6.07) is 9.92. The van der Waals surface area contributed by atoms with E-state index in [4.69, 9.17) is 4.74 Å². The molecule has 1 heterocycles. The minimum atomic E-state index is -0.910. The average Bonchev–Trinajstić information content (AvgIpc) is 2.63. The average molecular weight is 371 g/mol. The summed E-state index contributed by atoms with van der Waals surface area (Å²) in [5.74, 6) is -1.84. The lowest BCUT2D eigenvalue weighted by atomic mass is 10.1. The Kier molecular flexibility index (Phi) is 6.48. The number of carbonyl (C=O) groups is 3. The zero-order chi connectivity index (χ0) is 20.0. The van der Waals surface area contributed by atoms with Gasteiger partial charge in [0.25, 0.3) is 5.91 Å². The van der Waals surface area contributed by atoms with E-state index in [1.165, 1.54) is 25.2 Å². The highest BCUT2D eigenvalue weighted by Crippen LogP contribution is 2.19. The van der Waals surface area contributed by atoms with Gasteiger partial charge in [-0.05, 0) is 31.0 Å². The quantitative estimate of drug-likeness (QED) is 0.467. The second-order valence-corrected chi connectivity index (χ2v) is 6.05. The van der Waals surface area contributed by atoms with Crippen LogP contribution in [0.2, 0.25) is 0 Å². The molecule has 0 fully saturated rings. The van der Waals surface area contributed by atoms with Crippen LogP contribution in [0.1, 0.15) is 21.6 Å². The number of likely N-dealkylation sites (N-methyl/N-ethyl adjacent to an activating group) is 1. The van der Waals surface area contributed by atoms with E-state index in [2.05, 4.69) is 5.32 Å². The van der Waals surface area contributed by atoms with Gasteiger partial charge >= 0.3 is 11.7 Å².